The molecule has 2 aromatic carbocycles. The smallest absolute Gasteiger partial charge is 0.184 e. The first-order valence-electron chi connectivity index (χ1n) is 7.65. The lowest BCUT2D eigenvalue weighted by Gasteiger charge is -2.09. The van der Waals surface area contributed by atoms with E-state index in [9.17, 15) is 8.78 Å². The first kappa shape index (κ1) is 15.2. The highest BCUT2D eigenvalue weighted by atomic mass is 19.1. The Morgan fingerprint density at radius 1 is 0.880 bits per heavy atom. The minimum Gasteiger partial charge on any atom is -0.381 e. The van der Waals surface area contributed by atoms with Gasteiger partial charge < -0.3 is 5.32 Å². The zero-order chi connectivity index (χ0) is 17.2. The average molecular weight is 337 g/mol. The fraction of sp³-hybridized carbons (Fsp3) is 0.0556. The summed E-state index contributed by atoms with van der Waals surface area (Å²) in [5.74, 6) is -0.571. The van der Waals surface area contributed by atoms with Crippen molar-refractivity contribution in [3.63, 3.8) is 0 Å². The maximum Gasteiger partial charge on any atom is 0.184 e. The zero-order valence-corrected chi connectivity index (χ0v) is 13.0. The van der Waals surface area contributed by atoms with E-state index in [0.717, 1.165) is 22.4 Å². The number of rotatable bonds is 4. The van der Waals surface area contributed by atoms with Crippen LogP contribution in [0.15, 0.2) is 60.8 Å². The van der Waals surface area contributed by atoms with Crippen molar-refractivity contribution >= 4 is 11.3 Å². The third kappa shape index (κ3) is 3.16. The van der Waals surface area contributed by atoms with Crippen molar-refractivity contribution in [3.8, 4) is 11.1 Å². The van der Waals surface area contributed by atoms with Crippen LogP contribution in [0.2, 0.25) is 0 Å². The lowest BCUT2D eigenvalue weighted by molar-refractivity contribution is 0.627. The van der Waals surface area contributed by atoms with Crippen LogP contribution >= 0.6 is 0 Å². The van der Waals surface area contributed by atoms with E-state index in [0.29, 0.717) is 12.2 Å². The topological polar surface area (TPSA) is 55.1 Å². The maximum atomic E-state index is 13.1. The molecule has 0 aliphatic rings. The van der Waals surface area contributed by atoms with E-state index >= 15 is 0 Å². The molecule has 0 unspecified atom stereocenters. The van der Waals surface area contributed by atoms with Gasteiger partial charge in [-0.1, -0.05) is 12.1 Å². The van der Waals surface area contributed by atoms with Gasteiger partial charge in [-0.3, -0.25) is 0 Å². The molecular formula is C18H13F2N5. The Bertz CT molecular complexity index is 1010. The quantitative estimate of drug-likeness (QED) is 0.617. The highest BCUT2D eigenvalue weighted by Crippen LogP contribution is 2.23. The van der Waals surface area contributed by atoms with Crippen LogP contribution in [0.3, 0.4) is 0 Å². The largest absolute Gasteiger partial charge is 0.381 e. The Hall–Kier alpha value is -3.35. The Morgan fingerprint density at radius 2 is 1.56 bits per heavy atom. The average Bonchev–Trinajstić information content (AvgIpc) is 3.10. The molecule has 0 aliphatic carbocycles. The van der Waals surface area contributed by atoms with Gasteiger partial charge in [-0.05, 0) is 58.5 Å². The van der Waals surface area contributed by atoms with Crippen LogP contribution < -0.4 is 5.32 Å². The summed E-state index contributed by atoms with van der Waals surface area (Å²) >= 11 is 0. The Balaban J connectivity index is 1.68. The standard InChI is InChI=1S/C18H13F2N5/c19-15-3-1-12(2-4-15)14-9-13(18-22-23-24-25(18)11-14)10-21-17-7-5-16(20)6-8-17/h1-9,11,21H,10H2. The van der Waals surface area contributed by atoms with Crippen molar-refractivity contribution in [1.29, 1.82) is 0 Å². The number of aromatic nitrogens is 4. The van der Waals surface area contributed by atoms with Crippen LogP contribution in [-0.2, 0) is 6.54 Å². The van der Waals surface area contributed by atoms with Crippen molar-refractivity contribution in [2.45, 2.75) is 6.54 Å². The molecule has 124 valence electrons. The van der Waals surface area contributed by atoms with E-state index in [1.54, 1.807) is 35.0 Å². The number of benzene rings is 2. The van der Waals surface area contributed by atoms with Crippen LogP contribution in [0.5, 0.6) is 0 Å². The number of nitrogens with one attached hydrogen (secondary N) is 1. The highest BCUT2D eigenvalue weighted by Gasteiger charge is 2.09. The van der Waals surface area contributed by atoms with Gasteiger partial charge in [0.25, 0.3) is 0 Å². The molecular weight excluding hydrogens is 324 g/mol. The minimum absolute atomic E-state index is 0.284. The van der Waals surface area contributed by atoms with Gasteiger partial charge in [-0.25, -0.2) is 8.78 Å². The summed E-state index contributed by atoms with van der Waals surface area (Å²) in [5, 5.41) is 14.9. The number of nitrogens with zero attached hydrogens (tertiary/aromatic N) is 4. The molecule has 0 saturated heterocycles. The molecule has 0 atom stereocenters. The van der Waals surface area contributed by atoms with Gasteiger partial charge >= 0.3 is 0 Å². The number of anilines is 1. The molecule has 5 nitrogen and oxygen atoms in total. The second-order valence-electron chi connectivity index (χ2n) is 5.57. The van der Waals surface area contributed by atoms with E-state index < -0.39 is 0 Å². The third-order valence-corrected chi connectivity index (χ3v) is 3.88. The van der Waals surface area contributed by atoms with Gasteiger partial charge in [0.2, 0.25) is 0 Å². The molecule has 2 heterocycles. The second-order valence-corrected chi connectivity index (χ2v) is 5.57. The van der Waals surface area contributed by atoms with Crippen molar-refractivity contribution in [2.75, 3.05) is 5.32 Å². The summed E-state index contributed by atoms with van der Waals surface area (Å²) < 4.78 is 27.7. The lowest BCUT2D eigenvalue weighted by Crippen LogP contribution is -2.03. The summed E-state index contributed by atoms with van der Waals surface area (Å²) in [4.78, 5) is 0. The fourth-order valence-corrected chi connectivity index (χ4v) is 2.61. The van der Waals surface area contributed by atoms with Crippen LogP contribution in [0.1, 0.15) is 5.56 Å². The molecule has 0 spiro atoms. The normalized spacial score (nSPS) is 11.0. The molecule has 0 radical (unpaired) electrons. The zero-order valence-electron chi connectivity index (χ0n) is 13.0. The number of fused-ring (bicyclic) bond motifs is 1. The highest BCUT2D eigenvalue weighted by molar-refractivity contribution is 5.67. The van der Waals surface area contributed by atoms with Crippen molar-refractivity contribution < 1.29 is 8.78 Å². The number of halogens is 2. The SMILES string of the molecule is Fc1ccc(NCc2cc(-c3ccc(F)cc3)cn3nnnc23)cc1. The summed E-state index contributed by atoms with van der Waals surface area (Å²) in [6, 6.07) is 14.3. The number of pyridine rings is 1. The van der Waals surface area contributed by atoms with Gasteiger partial charge in [0.15, 0.2) is 5.65 Å². The summed E-state index contributed by atoms with van der Waals surface area (Å²) in [5.41, 5.74) is 4.02. The van der Waals surface area contributed by atoms with E-state index in [1.807, 2.05) is 6.07 Å². The fourth-order valence-electron chi connectivity index (χ4n) is 2.61. The first-order chi connectivity index (χ1) is 12.2. The molecule has 4 rings (SSSR count). The molecule has 25 heavy (non-hydrogen) atoms. The predicted octanol–water partition coefficient (Wildman–Crippen LogP) is 3.68. The molecule has 0 amide bonds. The molecule has 7 heteroatoms. The van der Waals surface area contributed by atoms with Crippen molar-refractivity contribution in [3.05, 3.63) is 78.0 Å². The number of hydrogen-bond acceptors (Lipinski definition) is 4. The predicted molar refractivity (Wildman–Crippen MR) is 89.9 cm³/mol. The van der Waals surface area contributed by atoms with Crippen LogP contribution in [0, 0.1) is 11.6 Å². The molecule has 2 aromatic heterocycles. The van der Waals surface area contributed by atoms with Gasteiger partial charge in [-0.2, -0.15) is 4.52 Å². The van der Waals surface area contributed by atoms with Gasteiger partial charge in [0, 0.05) is 29.6 Å². The molecule has 0 fully saturated rings. The molecule has 0 bridgehead atoms. The van der Waals surface area contributed by atoms with E-state index in [2.05, 4.69) is 20.8 Å². The summed E-state index contributed by atoms with van der Waals surface area (Å²) in [7, 11) is 0. The lowest BCUT2D eigenvalue weighted by atomic mass is 10.1. The van der Waals surface area contributed by atoms with Crippen LogP contribution in [0.4, 0.5) is 14.5 Å². The number of tetrazole rings is 1. The number of hydrogen-bond donors (Lipinski definition) is 1. The Kier molecular flexibility index (Phi) is 3.81. The van der Waals surface area contributed by atoms with Crippen LogP contribution in [-0.4, -0.2) is 20.0 Å². The summed E-state index contributed by atoms with van der Waals surface area (Å²) in [6.45, 7) is 0.463. The molecule has 0 saturated carbocycles. The maximum absolute atomic E-state index is 13.1. The van der Waals surface area contributed by atoms with E-state index in [4.69, 9.17) is 0 Å². The monoisotopic (exact) mass is 337 g/mol. The van der Waals surface area contributed by atoms with E-state index in [-0.39, 0.29) is 11.6 Å². The second kappa shape index (κ2) is 6.27. The van der Waals surface area contributed by atoms with Gasteiger partial charge in [-0.15, -0.1) is 5.10 Å². The van der Waals surface area contributed by atoms with Crippen molar-refractivity contribution in [2.24, 2.45) is 0 Å². The van der Waals surface area contributed by atoms with E-state index in [1.165, 1.54) is 24.3 Å². The Labute approximate surface area is 141 Å². The van der Waals surface area contributed by atoms with Gasteiger partial charge in [0.05, 0.1) is 0 Å². The molecule has 1 N–H and O–H groups in total. The Morgan fingerprint density at radius 3 is 2.28 bits per heavy atom. The molecule has 0 aliphatic heterocycles. The summed E-state index contributed by atoms with van der Waals surface area (Å²) in [6.07, 6.45) is 1.80. The third-order valence-electron chi connectivity index (χ3n) is 3.88. The van der Waals surface area contributed by atoms with Gasteiger partial charge in [0.1, 0.15) is 11.6 Å². The molecule has 4 aromatic rings. The minimum atomic E-state index is -0.287. The first-order valence-corrected chi connectivity index (χ1v) is 7.65. The van der Waals surface area contributed by atoms with Crippen LogP contribution in [0.25, 0.3) is 16.8 Å². The van der Waals surface area contributed by atoms with Crippen molar-refractivity contribution in [1.82, 2.24) is 20.0 Å².